The molecule has 17 heavy (non-hydrogen) atoms. The predicted octanol–water partition coefficient (Wildman–Crippen LogP) is 3.08. The molecule has 3 heteroatoms. The summed E-state index contributed by atoms with van der Waals surface area (Å²) in [6.07, 6.45) is 0. The van der Waals surface area contributed by atoms with Gasteiger partial charge in [-0.1, -0.05) is 24.6 Å². The zero-order valence-corrected chi connectivity index (χ0v) is 11.6. The molecule has 0 saturated carbocycles. The Morgan fingerprint density at radius 3 is 2.82 bits per heavy atom. The van der Waals surface area contributed by atoms with Gasteiger partial charge < -0.3 is 10.2 Å². The van der Waals surface area contributed by atoms with Crippen molar-refractivity contribution in [3.63, 3.8) is 0 Å². The van der Waals surface area contributed by atoms with E-state index < -0.39 is 0 Å². The number of benzene rings is 1. The lowest BCUT2D eigenvalue weighted by Gasteiger charge is -2.28. The molecule has 1 saturated heterocycles. The normalized spacial score (nSPS) is 25.8. The quantitative estimate of drug-likeness (QED) is 0.826. The summed E-state index contributed by atoms with van der Waals surface area (Å²) in [6, 6.07) is 6.68. The summed E-state index contributed by atoms with van der Waals surface area (Å²) in [7, 11) is 0. The fourth-order valence-electron chi connectivity index (χ4n) is 2.43. The molecular formula is C14H21ClN2. The Morgan fingerprint density at radius 1 is 1.29 bits per heavy atom. The molecule has 0 amide bonds. The van der Waals surface area contributed by atoms with Crippen LogP contribution in [0.2, 0.25) is 5.02 Å². The molecule has 1 aromatic carbocycles. The van der Waals surface area contributed by atoms with Crippen LogP contribution < -0.4 is 10.2 Å². The van der Waals surface area contributed by atoms with Gasteiger partial charge in [0.05, 0.1) is 0 Å². The van der Waals surface area contributed by atoms with Gasteiger partial charge in [0, 0.05) is 29.8 Å². The van der Waals surface area contributed by atoms with Crippen LogP contribution in [0.3, 0.4) is 0 Å². The maximum atomic E-state index is 6.11. The van der Waals surface area contributed by atoms with Crippen molar-refractivity contribution in [1.29, 1.82) is 0 Å². The highest BCUT2D eigenvalue weighted by molar-refractivity contribution is 6.30. The average molecular weight is 253 g/mol. The number of nitrogens with zero attached hydrogens (tertiary/aromatic N) is 1. The second kappa shape index (κ2) is 5.28. The highest BCUT2D eigenvalue weighted by atomic mass is 35.5. The van der Waals surface area contributed by atoms with Crippen molar-refractivity contribution in [2.75, 3.05) is 24.5 Å². The van der Waals surface area contributed by atoms with Gasteiger partial charge in [-0.25, -0.2) is 0 Å². The van der Waals surface area contributed by atoms with Crippen molar-refractivity contribution >= 4 is 17.3 Å². The third-order valence-electron chi connectivity index (χ3n) is 3.35. The Kier molecular flexibility index (Phi) is 3.95. The average Bonchev–Trinajstić information content (AvgIpc) is 2.44. The number of hydrogen-bond donors (Lipinski definition) is 1. The molecule has 2 atom stereocenters. The van der Waals surface area contributed by atoms with Gasteiger partial charge >= 0.3 is 0 Å². The van der Waals surface area contributed by atoms with E-state index in [1.807, 2.05) is 6.07 Å². The summed E-state index contributed by atoms with van der Waals surface area (Å²) in [6.45, 7) is 9.92. The summed E-state index contributed by atoms with van der Waals surface area (Å²) in [5.41, 5.74) is 2.58. The molecule has 1 N–H and O–H groups in total. The van der Waals surface area contributed by atoms with Crippen molar-refractivity contribution in [1.82, 2.24) is 5.32 Å². The van der Waals surface area contributed by atoms with E-state index in [1.54, 1.807) is 0 Å². The summed E-state index contributed by atoms with van der Waals surface area (Å²) in [5, 5.41) is 4.38. The van der Waals surface area contributed by atoms with Crippen molar-refractivity contribution < 1.29 is 0 Å². The zero-order valence-electron chi connectivity index (χ0n) is 10.8. The zero-order chi connectivity index (χ0) is 12.4. The van der Waals surface area contributed by atoms with E-state index in [1.165, 1.54) is 11.3 Å². The van der Waals surface area contributed by atoms with Gasteiger partial charge in [0.15, 0.2) is 0 Å². The lowest BCUT2D eigenvalue weighted by atomic mass is 10.1. The fourth-order valence-corrected chi connectivity index (χ4v) is 2.60. The molecule has 0 bridgehead atoms. The number of rotatable bonds is 1. The Hall–Kier alpha value is -0.730. The molecule has 1 aliphatic heterocycles. The minimum absolute atomic E-state index is 0.526. The van der Waals surface area contributed by atoms with Gasteiger partial charge in [0.25, 0.3) is 0 Å². The first-order valence-electron chi connectivity index (χ1n) is 6.30. The van der Waals surface area contributed by atoms with Crippen LogP contribution in [-0.4, -0.2) is 25.7 Å². The first-order chi connectivity index (χ1) is 8.06. The fraction of sp³-hybridized carbons (Fsp3) is 0.571. The van der Waals surface area contributed by atoms with Gasteiger partial charge in [0.1, 0.15) is 0 Å². The van der Waals surface area contributed by atoms with Crippen LogP contribution in [0.15, 0.2) is 18.2 Å². The summed E-state index contributed by atoms with van der Waals surface area (Å²) in [5.74, 6) is 0.665. The van der Waals surface area contributed by atoms with E-state index >= 15 is 0 Å². The predicted molar refractivity (Wildman–Crippen MR) is 75.0 cm³/mol. The van der Waals surface area contributed by atoms with E-state index in [2.05, 4.69) is 43.1 Å². The number of nitrogens with one attached hydrogen (secondary N) is 1. The molecule has 0 aromatic heterocycles. The molecule has 2 unspecified atom stereocenters. The van der Waals surface area contributed by atoms with Crippen molar-refractivity contribution in [3.05, 3.63) is 28.8 Å². The highest BCUT2D eigenvalue weighted by Crippen LogP contribution is 2.26. The number of anilines is 1. The number of hydrogen-bond acceptors (Lipinski definition) is 2. The first-order valence-corrected chi connectivity index (χ1v) is 6.68. The third-order valence-corrected chi connectivity index (χ3v) is 3.59. The summed E-state index contributed by atoms with van der Waals surface area (Å²) >= 11 is 6.11. The molecule has 0 radical (unpaired) electrons. The SMILES string of the molecule is Cc1ccc(Cl)cc1N1CC(C)CNC(C)C1. The van der Waals surface area contributed by atoms with Crippen molar-refractivity contribution in [2.24, 2.45) is 5.92 Å². The van der Waals surface area contributed by atoms with Crippen LogP contribution in [0, 0.1) is 12.8 Å². The van der Waals surface area contributed by atoms with Gasteiger partial charge in [-0.3, -0.25) is 0 Å². The van der Waals surface area contributed by atoms with Crippen LogP contribution >= 0.6 is 11.6 Å². The second-order valence-corrected chi connectivity index (χ2v) is 5.69. The molecule has 0 spiro atoms. The smallest absolute Gasteiger partial charge is 0.0426 e. The maximum Gasteiger partial charge on any atom is 0.0426 e. The molecule has 1 aliphatic rings. The van der Waals surface area contributed by atoms with Gasteiger partial charge in [-0.2, -0.15) is 0 Å². The van der Waals surface area contributed by atoms with Gasteiger partial charge in [-0.05, 0) is 44.0 Å². The molecule has 1 aromatic rings. The minimum atomic E-state index is 0.526. The van der Waals surface area contributed by atoms with E-state index in [4.69, 9.17) is 11.6 Å². The largest absolute Gasteiger partial charge is 0.369 e. The van der Waals surface area contributed by atoms with E-state index in [9.17, 15) is 0 Å². The Bertz CT molecular complexity index is 380. The van der Waals surface area contributed by atoms with Gasteiger partial charge in [0.2, 0.25) is 0 Å². The molecule has 2 rings (SSSR count). The van der Waals surface area contributed by atoms with Crippen molar-refractivity contribution in [2.45, 2.75) is 26.8 Å². The van der Waals surface area contributed by atoms with Crippen LogP contribution in [0.5, 0.6) is 0 Å². The highest BCUT2D eigenvalue weighted by Gasteiger charge is 2.20. The Morgan fingerprint density at radius 2 is 2.06 bits per heavy atom. The summed E-state index contributed by atoms with van der Waals surface area (Å²) in [4.78, 5) is 2.45. The van der Waals surface area contributed by atoms with Crippen LogP contribution in [-0.2, 0) is 0 Å². The molecule has 1 heterocycles. The van der Waals surface area contributed by atoms with E-state index in [0.717, 1.165) is 24.7 Å². The Labute approximate surface area is 109 Å². The second-order valence-electron chi connectivity index (χ2n) is 5.25. The number of aryl methyl sites for hydroxylation is 1. The lowest BCUT2D eigenvalue weighted by Crippen LogP contribution is -2.35. The van der Waals surface area contributed by atoms with E-state index in [0.29, 0.717) is 12.0 Å². The first kappa shape index (κ1) is 12.7. The van der Waals surface area contributed by atoms with E-state index in [-0.39, 0.29) is 0 Å². The van der Waals surface area contributed by atoms with Crippen LogP contribution in [0.4, 0.5) is 5.69 Å². The van der Waals surface area contributed by atoms with Crippen LogP contribution in [0.25, 0.3) is 0 Å². The number of halogens is 1. The van der Waals surface area contributed by atoms with Gasteiger partial charge in [-0.15, -0.1) is 0 Å². The third kappa shape index (κ3) is 3.14. The lowest BCUT2D eigenvalue weighted by molar-refractivity contribution is 0.525. The molecule has 94 valence electrons. The van der Waals surface area contributed by atoms with Crippen LogP contribution in [0.1, 0.15) is 19.4 Å². The Balaban J connectivity index is 2.27. The molecule has 1 fully saturated rings. The minimum Gasteiger partial charge on any atom is -0.369 e. The molecule has 2 nitrogen and oxygen atoms in total. The summed E-state index contributed by atoms with van der Waals surface area (Å²) < 4.78 is 0. The topological polar surface area (TPSA) is 15.3 Å². The van der Waals surface area contributed by atoms with Crippen molar-refractivity contribution in [3.8, 4) is 0 Å². The standard InChI is InChI=1S/C14H21ClN2/c1-10-7-16-12(3)9-17(8-10)14-6-13(15)5-4-11(14)2/h4-6,10,12,16H,7-9H2,1-3H3. The maximum absolute atomic E-state index is 6.11. The molecule has 0 aliphatic carbocycles. The molecular weight excluding hydrogens is 232 g/mol. The monoisotopic (exact) mass is 252 g/mol.